The Hall–Kier alpha value is -1.36. The van der Waals surface area contributed by atoms with Crippen molar-refractivity contribution in [3.05, 3.63) is 41.1 Å². The average molecular weight is 179 g/mol. The Kier molecular flexibility index (Phi) is 3.02. The van der Waals surface area contributed by atoms with Crippen LogP contribution < -0.4 is 0 Å². The predicted molar refractivity (Wildman–Crippen MR) is 48.3 cm³/mol. The van der Waals surface area contributed by atoms with Crippen LogP contribution >= 0.6 is 0 Å². The van der Waals surface area contributed by atoms with Crippen LogP contribution in [-0.4, -0.2) is 6.67 Å². The minimum absolute atomic E-state index is 0.172. The van der Waals surface area contributed by atoms with Gasteiger partial charge in [-0.2, -0.15) is 0 Å². The molecule has 0 bridgehead atoms. The monoisotopic (exact) mass is 179 g/mol. The van der Waals surface area contributed by atoms with Crippen molar-refractivity contribution in [3.63, 3.8) is 0 Å². The van der Waals surface area contributed by atoms with Gasteiger partial charge in [0.2, 0.25) is 0 Å². The average Bonchev–Trinajstić information content (AvgIpc) is 2.17. The van der Waals surface area contributed by atoms with Gasteiger partial charge in [-0.3, -0.25) is 4.39 Å². The molecule has 0 saturated heterocycles. The molecule has 0 aromatic heterocycles. The van der Waals surface area contributed by atoms with Crippen LogP contribution in [0.1, 0.15) is 18.1 Å². The second kappa shape index (κ2) is 4.04. The smallest absolute Gasteiger partial charge is 0.142 e. The van der Waals surface area contributed by atoms with Crippen LogP contribution in [0.2, 0.25) is 0 Å². The van der Waals surface area contributed by atoms with E-state index in [1.165, 1.54) is 12.1 Å². The Balaban J connectivity index is 3.17. The summed E-state index contributed by atoms with van der Waals surface area (Å²) in [5.74, 6) is 2.05. The van der Waals surface area contributed by atoms with Crippen molar-refractivity contribution in [1.82, 2.24) is 0 Å². The summed E-state index contributed by atoms with van der Waals surface area (Å²) in [6.07, 6.45) is 5.07. The molecule has 0 unspecified atom stereocenters. The zero-order valence-electron chi connectivity index (χ0n) is 7.27. The standard InChI is InChI=1S/C11H9F2/c1-3-9-5-4-6-10(11(9)13)8(2)7-12/h1,4-6H,7H2,2H3. The third-order valence-corrected chi connectivity index (χ3v) is 1.81. The molecule has 0 N–H and O–H groups in total. The molecule has 0 amide bonds. The molecule has 0 atom stereocenters. The first-order chi connectivity index (χ1) is 6.20. The van der Waals surface area contributed by atoms with Crippen LogP contribution in [-0.2, 0) is 0 Å². The van der Waals surface area contributed by atoms with Crippen molar-refractivity contribution < 1.29 is 8.78 Å². The Labute approximate surface area is 76.6 Å². The maximum atomic E-state index is 13.4. The van der Waals surface area contributed by atoms with Crippen molar-refractivity contribution in [2.75, 3.05) is 6.67 Å². The van der Waals surface area contributed by atoms with E-state index in [9.17, 15) is 8.78 Å². The van der Waals surface area contributed by atoms with Gasteiger partial charge in [0.1, 0.15) is 5.82 Å². The summed E-state index contributed by atoms with van der Waals surface area (Å²) in [5.41, 5.74) is 0.434. The Morgan fingerprint density at radius 3 is 2.77 bits per heavy atom. The lowest BCUT2D eigenvalue weighted by molar-refractivity contribution is 0.507. The molecule has 0 aliphatic rings. The highest BCUT2D eigenvalue weighted by atomic mass is 19.1. The normalized spacial score (nSPS) is 10.1. The van der Waals surface area contributed by atoms with Gasteiger partial charge in [-0.05, 0) is 11.6 Å². The van der Waals surface area contributed by atoms with E-state index in [1.54, 1.807) is 13.0 Å². The van der Waals surface area contributed by atoms with Gasteiger partial charge < -0.3 is 0 Å². The van der Waals surface area contributed by atoms with Gasteiger partial charge >= 0.3 is 0 Å². The zero-order valence-corrected chi connectivity index (χ0v) is 7.27. The molecule has 67 valence electrons. The van der Waals surface area contributed by atoms with E-state index in [-0.39, 0.29) is 11.1 Å². The summed E-state index contributed by atoms with van der Waals surface area (Å²) < 4.78 is 25.6. The number of terminal acetylenes is 1. The van der Waals surface area contributed by atoms with Crippen LogP contribution in [0.4, 0.5) is 8.78 Å². The zero-order chi connectivity index (χ0) is 9.84. The summed E-state index contributed by atoms with van der Waals surface area (Å²) in [7, 11) is 0. The van der Waals surface area contributed by atoms with Crippen LogP contribution in [0.5, 0.6) is 0 Å². The van der Waals surface area contributed by atoms with E-state index < -0.39 is 12.5 Å². The second-order valence-corrected chi connectivity index (χ2v) is 2.73. The summed E-state index contributed by atoms with van der Waals surface area (Å²) in [4.78, 5) is 0. The van der Waals surface area contributed by atoms with E-state index in [2.05, 4.69) is 5.92 Å². The van der Waals surface area contributed by atoms with E-state index in [4.69, 9.17) is 6.42 Å². The van der Waals surface area contributed by atoms with E-state index in [0.29, 0.717) is 5.92 Å². The van der Waals surface area contributed by atoms with E-state index in [0.717, 1.165) is 0 Å². The predicted octanol–water partition coefficient (Wildman–Crippen LogP) is 2.72. The highest BCUT2D eigenvalue weighted by Crippen LogP contribution is 2.20. The molecule has 1 aromatic carbocycles. The molecule has 0 fully saturated rings. The Bertz CT molecular complexity index is 336. The fourth-order valence-electron chi connectivity index (χ4n) is 1.05. The number of alkyl halides is 1. The Morgan fingerprint density at radius 1 is 1.54 bits per heavy atom. The minimum atomic E-state index is -0.662. The molecule has 1 aromatic rings. The maximum Gasteiger partial charge on any atom is 0.142 e. The van der Waals surface area contributed by atoms with Gasteiger partial charge in [0.05, 0.1) is 12.2 Å². The van der Waals surface area contributed by atoms with Crippen molar-refractivity contribution in [1.29, 1.82) is 0 Å². The SMILES string of the molecule is C#Cc1cccc([C](C)CF)c1F. The summed E-state index contributed by atoms with van der Waals surface area (Å²) in [5, 5.41) is 0. The fraction of sp³-hybridized carbons (Fsp3) is 0.182. The van der Waals surface area contributed by atoms with Gasteiger partial charge in [0.15, 0.2) is 0 Å². The fourth-order valence-corrected chi connectivity index (χ4v) is 1.05. The quantitative estimate of drug-likeness (QED) is 0.612. The molecule has 0 saturated carbocycles. The molecule has 0 aliphatic carbocycles. The van der Waals surface area contributed by atoms with Gasteiger partial charge in [-0.1, -0.05) is 25.0 Å². The summed E-state index contributed by atoms with van der Waals surface area (Å²) in [6, 6.07) is 4.63. The summed E-state index contributed by atoms with van der Waals surface area (Å²) >= 11 is 0. The number of rotatable bonds is 2. The topological polar surface area (TPSA) is 0 Å². The van der Waals surface area contributed by atoms with Gasteiger partial charge in [0, 0.05) is 5.92 Å². The highest BCUT2D eigenvalue weighted by molar-refractivity contribution is 5.42. The third kappa shape index (κ3) is 1.86. The molecule has 1 rings (SSSR count). The van der Waals surface area contributed by atoms with E-state index >= 15 is 0 Å². The lowest BCUT2D eigenvalue weighted by atomic mass is 9.99. The molecule has 0 heterocycles. The molecule has 2 heteroatoms. The van der Waals surface area contributed by atoms with Crippen LogP contribution in [0.15, 0.2) is 18.2 Å². The highest BCUT2D eigenvalue weighted by Gasteiger charge is 2.12. The van der Waals surface area contributed by atoms with Crippen molar-refractivity contribution >= 4 is 0 Å². The van der Waals surface area contributed by atoms with Gasteiger partial charge in [0.25, 0.3) is 0 Å². The summed E-state index contributed by atoms with van der Waals surface area (Å²) in [6.45, 7) is 0.879. The maximum absolute atomic E-state index is 13.4. The molecule has 0 nitrogen and oxygen atoms in total. The molecule has 0 aliphatic heterocycles. The molecule has 0 spiro atoms. The number of hydrogen-bond acceptors (Lipinski definition) is 0. The first kappa shape index (κ1) is 9.73. The lowest BCUT2D eigenvalue weighted by Gasteiger charge is -2.08. The van der Waals surface area contributed by atoms with Gasteiger partial charge in [-0.15, -0.1) is 6.42 Å². The molecular weight excluding hydrogens is 170 g/mol. The van der Waals surface area contributed by atoms with Crippen LogP contribution in [0, 0.1) is 24.1 Å². The Morgan fingerprint density at radius 2 is 2.23 bits per heavy atom. The number of halogens is 2. The lowest BCUT2D eigenvalue weighted by Crippen LogP contribution is -2.01. The van der Waals surface area contributed by atoms with Gasteiger partial charge in [-0.25, -0.2) is 4.39 Å². The van der Waals surface area contributed by atoms with Crippen molar-refractivity contribution in [2.24, 2.45) is 0 Å². The molecule has 1 radical (unpaired) electrons. The molecular formula is C11H9F2. The van der Waals surface area contributed by atoms with Crippen LogP contribution in [0.25, 0.3) is 0 Å². The first-order valence-corrected chi connectivity index (χ1v) is 3.84. The largest absolute Gasteiger partial charge is 0.250 e. The van der Waals surface area contributed by atoms with Crippen molar-refractivity contribution in [3.8, 4) is 12.3 Å². The third-order valence-electron chi connectivity index (χ3n) is 1.81. The molecule has 13 heavy (non-hydrogen) atoms. The van der Waals surface area contributed by atoms with E-state index in [1.807, 2.05) is 0 Å². The minimum Gasteiger partial charge on any atom is -0.250 e. The first-order valence-electron chi connectivity index (χ1n) is 3.84. The van der Waals surface area contributed by atoms with Crippen molar-refractivity contribution in [2.45, 2.75) is 6.92 Å². The number of hydrogen-bond donors (Lipinski definition) is 0. The number of benzene rings is 1. The second-order valence-electron chi connectivity index (χ2n) is 2.73. The van der Waals surface area contributed by atoms with Crippen LogP contribution in [0.3, 0.4) is 0 Å².